The second-order valence-corrected chi connectivity index (χ2v) is 2.40. The highest BCUT2D eigenvalue weighted by molar-refractivity contribution is 5.75. The van der Waals surface area contributed by atoms with Gasteiger partial charge < -0.3 is 4.74 Å². The van der Waals surface area contributed by atoms with E-state index in [0.29, 0.717) is 6.10 Å². The summed E-state index contributed by atoms with van der Waals surface area (Å²) in [7, 11) is 0. The van der Waals surface area contributed by atoms with Crippen molar-refractivity contribution in [2.45, 2.75) is 38.7 Å². The summed E-state index contributed by atoms with van der Waals surface area (Å²) in [5.74, 6) is 0. The number of ether oxygens (including phenoxy) is 1. The maximum absolute atomic E-state index is 5.43. The molecule has 0 N–H and O–H groups in total. The standard InChI is InChI=1S/C7H14O.Al.3H/c1-2-7-5-3-4-6-8-7;;;;/h7H,2-6H2,1H3;;;;. The van der Waals surface area contributed by atoms with Gasteiger partial charge in [-0.3, -0.25) is 0 Å². The Labute approximate surface area is 67.9 Å². The van der Waals surface area contributed by atoms with Gasteiger partial charge >= 0.3 is 0 Å². The predicted octanol–water partition coefficient (Wildman–Crippen LogP) is 0.782. The fourth-order valence-electron chi connectivity index (χ4n) is 1.13. The zero-order chi connectivity index (χ0) is 5.82. The molecule has 2 heteroatoms. The summed E-state index contributed by atoms with van der Waals surface area (Å²) in [6.07, 6.45) is 5.72. The SMILES string of the molecule is CCC1CCCCO1.[AlH3]. The maximum Gasteiger partial charge on any atom is 0.187 e. The van der Waals surface area contributed by atoms with Crippen molar-refractivity contribution in [3.8, 4) is 0 Å². The molecule has 0 bridgehead atoms. The van der Waals surface area contributed by atoms with Crippen molar-refractivity contribution in [1.82, 2.24) is 0 Å². The van der Waals surface area contributed by atoms with Gasteiger partial charge in [-0.25, -0.2) is 0 Å². The molecule has 0 spiro atoms. The first-order chi connectivity index (χ1) is 3.93. The molecule has 1 aliphatic heterocycles. The van der Waals surface area contributed by atoms with Crippen molar-refractivity contribution in [2.75, 3.05) is 6.61 Å². The Morgan fingerprint density at radius 1 is 1.44 bits per heavy atom. The van der Waals surface area contributed by atoms with Crippen LogP contribution in [0.15, 0.2) is 0 Å². The average Bonchev–Trinajstić information content (AvgIpc) is 1.90. The van der Waals surface area contributed by atoms with Crippen LogP contribution >= 0.6 is 0 Å². The van der Waals surface area contributed by atoms with Gasteiger partial charge in [0.1, 0.15) is 0 Å². The topological polar surface area (TPSA) is 9.23 Å². The fourth-order valence-corrected chi connectivity index (χ4v) is 1.13. The van der Waals surface area contributed by atoms with Gasteiger partial charge in [0.15, 0.2) is 17.4 Å². The third-order valence-electron chi connectivity index (χ3n) is 1.73. The lowest BCUT2D eigenvalue weighted by Gasteiger charge is -2.20. The molecule has 1 fully saturated rings. The smallest absolute Gasteiger partial charge is 0.187 e. The van der Waals surface area contributed by atoms with Crippen molar-refractivity contribution < 1.29 is 4.74 Å². The maximum atomic E-state index is 5.43. The van der Waals surface area contributed by atoms with Gasteiger partial charge in [0.25, 0.3) is 0 Å². The molecular weight excluding hydrogens is 127 g/mol. The molecule has 1 saturated heterocycles. The summed E-state index contributed by atoms with van der Waals surface area (Å²) in [6, 6.07) is 0. The zero-order valence-corrected chi connectivity index (χ0v) is 5.52. The monoisotopic (exact) mass is 144 g/mol. The third kappa shape index (κ3) is 3.25. The van der Waals surface area contributed by atoms with E-state index in [2.05, 4.69) is 6.92 Å². The third-order valence-corrected chi connectivity index (χ3v) is 1.73. The Hall–Kier alpha value is 0.492. The second-order valence-electron chi connectivity index (χ2n) is 2.40. The molecule has 0 radical (unpaired) electrons. The summed E-state index contributed by atoms with van der Waals surface area (Å²) < 4.78 is 5.43. The summed E-state index contributed by atoms with van der Waals surface area (Å²) >= 11 is 0. The highest BCUT2D eigenvalue weighted by Gasteiger charge is 2.09. The molecule has 1 atom stereocenters. The highest BCUT2D eigenvalue weighted by Crippen LogP contribution is 2.14. The normalized spacial score (nSPS) is 27.0. The Balaban J connectivity index is 0.000000640. The van der Waals surface area contributed by atoms with Crippen LogP contribution in [0.1, 0.15) is 32.6 Å². The number of hydrogen-bond acceptors (Lipinski definition) is 1. The molecule has 0 aromatic heterocycles. The molecule has 0 aromatic rings. The van der Waals surface area contributed by atoms with Gasteiger partial charge in [0.05, 0.1) is 6.10 Å². The van der Waals surface area contributed by atoms with E-state index in [9.17, 15) is 0 Å². The zero-order valence-electron chi connectivity index (χ0n) is 5.52. The fraction of sp³-hybridized carbons (Fsp3) is 1.00. The van der Waals surface area contributed by atoms with Gasteiger partial charge in [-0.1, -0.05) is 6.92 Å². The minimum atomic E-state index is 0. The van der Waals surface area contributed by atoms with Crippen LogP contribution in [0.5, 0.6) is 0 Å². The minimum absolute atomic E-state index is 0. The lowest BCUT2D eigenvalue weighted by Crippen LogP contribution is -2.17. The molecule has 9 heavy (non-hydrogen) atoms. The van der Waals surface area contributed by atoms with E-state index in [1.54, 1.807) is 0 Å². The van der Waals surface area contributed by atoms with Crippen LogP contribution in [0.2, 0.25) is 0 Å². The first-order valence-corrected chi connectivity index (χ1v) is 3.55. The van der Waals surface area contributed by atoms with Crippen LogP contribution in [0, 0.1) is 0 Å². The Bertz CT molecular complexity index is 59.9. The van der Waals surface area contributed by atoms with Gasteiger partial charge in [0.2, 0.25) is 0 Å². The van der Waals surface area contributed by atoms with E-state index in [1.807, 2.05) is 0 Å². The predicted molar refractivity (Wildman–Crippen MR) is 43.8 cm³/mol. The molecule has 1 aliphatic rings. The largest absolute Gasteiger partial charge is 0.378 e. The van der Waals surface area contributed by atoms with E-state index in [0.717, 1.165) is 6.61 Å². The van der Waals surface area contributed by atoms with Crippen molar-refractivity contribution in [2.24, 2.45) is 0 Å². The van der Waals surface area contributed by atoms with E-state index in [4.69, 9.17) is 4.74 Å². The van der Waals surface area contributed by atoms with Crippen LogP contribution in [0.25, 0.3) is 0 Å². The quantitative estimate of drug-likeness (QED) is 0.494. The van der Waals surface area contributed by atoms with Crippen molar-refractivity contribution in [3.05, 3.63) is 0 Å². The van der Waals surface area contributed by atoms with Crippen LogP contribution in [0.3, 0.4) is 0 Å². The summed E-state index contributed by atoms with van der Waals surface area (Å²) in [4.78, 5) is 0. The van der Waals surface area contributed by atoms with Crippen LogP contribution in [-0.4, -0.2) is 30.1 Å². The summed E-state index contributed by atoms with van der Waals surface area (Å²) in [5, 5.41) is 0. The summed E-state index contributed by atoms with van der Waals surface area (Å²) in [6.45, 7) is 3.19. The lowest BCUT2D eigenvalue weighted by molar-refractivity contribution is 0.0143. The molecule has 1 rings (SSSR count). The summed E-state index contributed by atoms with van der Waals surface area (Å²) in [5.41, 5.74) is 0. The Kier molecular flexibility index (Phi) is 5.58. The van der Waals surface area contributed by atoms with Crippen molar-refractivity contribution in [1.29, 1.82) is 0 Å². The molecule has 1 heterocycles. The van der Waals surface area contributed by atoms with E-state index < -0.39 is 0 Å². The van der Waals surface area contributed by atoms with Gasteiger partial charge in [-0.15, -0.1) is 0 Å². The van der Waals surface area contributed by atoms with Crippen LogP contribution in [0.4, 0.5) is 0 Å². The van der Waals surface area contributed by atoms with Gasteiger partial charge in [-0.05, 0) is 25.7 Å². The number of rotatable bonds is 1. The van der Waals surface area contributed by atoms with Crippen LogP contribution < -0.4 is 0 Å². The van der Waals surface area contributed by atoms with Gasteiger partial charge in [0, 0.05) is 6.61 Å². The molecule has 0 saturated carbocycles. The van der Waals surface area contributed by atoms with E-state index in [1.165, 1.54) is 25.7 Å². The molecule has 1 unspecified atom stereocenters. The van der Waals surface area contributed by atoms with Crippen molar-refractivity contribution >= 4 is 17.4 Å². The second kappa shape index (κ2) is 5.29. The van der Waals surface area contributed by atoms with E-state index in [-0.39, 0.29) is 17.4 Å². The molecule has 1 nitrogen and oxygen atoms in total. The molecule has 0 aliphatic carbocycles. The average molecular weight is 144 g/mol. The molecule has 0 aromatic carbocycles. The van der Waals surface area contributed by atoms with E-state index >= 15 is 0 Å². The van der Waals surface area contributed by atoms with Crippen LogP contribution in [-0.2, 0) is 4.74 Å². The van der Waals surface area contributed by atoms with Gasteiger partial charge in [-0.2, -0.15) is 0 Å². The first-order valence-electron chi connectivity index (χ1n) is 3.55. The Morgan fingerprint density at radius 2 is 2.22 bits per heavy atom. The molecule has 54 valence electrons. The molecule has 0 amide bonds. The van der Waals surface area contributed by atoms with Crippen molar-refractivity contribution in [3.63, 3.8) is 0 Å². The molecular formula is C7H17AlO. The number of hydrogen-bond donors (Lipinski definition) is 0. The highest BCUT2D eigenvalue weighted by atomic mass is 27.0. The lowest BCUT2D eigenvalue weighted by atomic mass is 10.1. The first kappa shape index (κ1) is 9.49. The minimum Gasteiger partial charge on any atom is -0.378 e. The Morgan fingerprint density at radius 3 is 2.56 bits per heavy atom.